The Kier molecular flexibility index (Phi) is 4.44. The molecule has 1 atom stereocenters. The van der Waals surface area contributed by atoms with Crippen LogP contribution in [0.1, 0.15) is 26.0 Å². The molecule has 2 aromatic rings. The Morgan fingerprint density at radius 2 is 2.41 bits per heavy atom. The van der Waals surface area contributed by atoms with Crippen LogP contribution < -0.4 is 5.32 Å². The Morgan fingerprint density at radius 3 is 3.12 bits per heavy atom. The molecular weight excluding hydrogens is 254 g/mol. The van der Waals surface area contributed by atoms with Gasteiger partial charge in [0.25, 0.3) is 0 Å². The summed E-state index contributed by atoms with van der Waals surface area (Å²) in [5.41, 5.74) is 0. The molecular formula is C11H15N3OS2. The van der Waals surface area contributed by atoms with Gasteiger partial charge in [-0.3, -0.25) is 0 Å². The molecule has 0 radical (unpaired) electrons. The van der Waals surface area contributed by atoms with Crippen molar-refractivity contribution < 1.29 is 4.42 Å². The molecule has 0 aliphatic heterocycles. The van der Waals surface area contributed by atoms with E-state index >= 15 is 0 Å². The first kappa shape index (κ1) is 12.4. The van der Waals surface area contributed by atoms with Crippen LogP contribution in [0.2, 0.25) is 0 Å². The Morgan fingerprint density at radius 1 is 1.53 bits per heavy atom. The van der Waals surface area contributed by atoms with Gasteiger partial charge in [0, 0.05) is 5.25 Å². The maximum Gasteiger partial charge on any atom is 0.206 e. The molecule has 0 amide bonds. The second-order valence-electron chi connectivity index (χ2n) is 3.64. The first-order valence-corrected chi connectivity index (χ1v) is 7.24. The highest BCUT2D eigenvalue weighted by Gasteiger charge is 2.08. The zero-order valence-corrected chi connectivity index (χ0v) is 11.5. The number of rotatable bonds is 6. The van der Waals surface area contributed by atoms with Gasteiger partial charge in [0.2, 0.25) is 5.13 Å². The Balaban J connectivity index is 1.85. The minimum atomic E-state index is 0.584. The summed E-state index contributed by atoms with van der Waals surface area (Å²) >= 11 is 3.36. The first-order chi connectivity index (χ1) is 8.28. The lowest BCUT2D eigenvalue weighted by molar-refractivity contribution is 0.518. The van der Waals surface area contributed by atoms with Crippen molar-refractivity contribution in [1.82, 2.24) is 10.2 Å². The van der Waals surface area contributed by atoms with Gasteiger partial charge in [0.15, 0.2) is 4.34 Å². The molecule has 1 N–H and O–H groups in total. The highest BCUT2D eigenvalue weighted by molar-refractivity contribution is 8.01. The van der Waals surface area contributed by atoms with Crippen molar-refractivity contribution in [3.63, 3.8) is 0 Å². The SMILES string of the molecule is CCC(C)Sc1nnc(NCc2ccco2)s1. The normalized spacial score (nSPS) is 12.6. The Labute approximate surface area is 109 Å². The number of aromatic nitrogens is 2. The fourth-order valence-electron chi connectivity index (χ4n) is 1.16. The second kappa shape index (κ2) is 6.07. The monoisotopic (exact) mass is 269 g/mol. The molecule has 2 heterocycles. The van der Waals surface area contributed by atoms with E-state index in [1.165, 1.54) is 0 Å². The van der Waals surface area contributed by atoms with Gasteiger partial charge in [-0.1, -0.05) is 36.9 Å². The minimum Gasteiger partial charge on any atom is -0.467 e. The number of hydrogen-bond acceptors (Lipinski definition) is 6. The van der Waals surface area contributed by atoms with Gasteiger partial charge in [-0.05, 0) is 18.6 Å². The van der Waals surface area contributed by atoms with Gasteiger partial charge in [0.1, 0.15) is 5.76 Å². The van der Waals surface area contributed by atoms with Gasteiger partial charge in [-0.15, -0.1) is 10.2 Å². The predicted octanol–water partition coefficient (Wildman–Crippen LogP) is 3.63. The zero-order chi connectivity index (χ0) is 12.1. The quantitative estimate of drug-likeness (QED) is 0.811. The highest BCUT2D eigenvalue weighted by atomic mass is 32.2. The van der Waals surface area contributed by atoms with Gasteiger partial charge in [-0.2, -0.15) is 0 Å². The van der Waals surface area contributed by atoms with Gasteiger partial charge >= 0.3 is 0 Å². The molecule has 4 nitrogen and oxygen atoms in total. The second-order valence-corrected chi connectivity index (χ2v) is 6.31. The van der Waals surface area contributed by atoms with Gasteiger partial charge in [0.05, 0.1) is 12.8 Å². The van der Waals surface area contributed by atoms with Crippen LogP contribution in [-0.2, 0) is 6.54 Å². The number of hydrogen-bond donors (Lipinski definition) is 1. The summed E-state index contributed by atoms with van der Waals surface area (Å²) in [5, 5.41) is 12.9. The third-order valence-electron chi connectivity index (χ3n) is 2.28. The molecule has 1 unspecified atom stereocenters. The summed E-state index contributed by atoms with van der Waals surface area (Å²) in [6.07, 6.45) is 2.81. The fraction of sp³-hybridized carbons (Fsp3) is 0.455. The van der Waals surface area contributed by atoms with Crippen LogP contribution >= 0.6 is 23.1 Å². The lowest BCUT2D eigenvalue weighted by Crippen LogP contribution is -1.96. The van der Waals surface area contributed by atoms with E-state index in [0.717, 1.165) is 21.7 Å². The molecule has 0 saturated heterocycles. The molecule has 92 valence electrons. The molecule has 0 spiro atoms. The van der Waals surface area contributed by atoms with Crippen LogP contribution in [0.3, 0.4) is 0 Å². The van der Waals surface area contributed by atoms with Crippen molar-refractivity contribution in [2.45, 2.75) is 36.4 Å². The third kappa shape index (κ3) is 3.74. The molecule has 0 aliphatic rings. The average molecular weight is 269 g/mol. The van der Waals surface area contributed by atoms with E-state index in [-0.39, 0.29) is 0 Å². The molecule has 0 aliphatic carbocycles. The van der Waals surface area contributed by atoms with Crippen molar-refractivity contribution >= 4 is 28.2 Å². The summed E-state index contributed by atoms with van der Waals surface area (Å²) in [7, 11) is 0. The van der Waals surface area contributed by atoms with Crippen LogP contribution in [0.15, 0.2) is 27.2 Å². The summed E-state index contributed by atoms with van der Waals surface area (Å²) in [4.78, 5) is 0. The van der Waals surface area contributed by atoms with E-state index in [1.807, 2.05) is 12.1 Å². The number of anilines is 1. The van der Waals surface area contributed by atoms with Gasteiger partial charge in [-0.25, -0.2) is 0 Å². The van der Waals surface area contributed by atoms with E-state index in [1.54, 1.807) is 29.4 Å². The van der Waals surface area contributed by atoms with Crippen LogP contribution in [0.5, 0.6) is 0 Å². The molecule has 6 heteroatoms. The van der Waals surface area contributed by atoms with Crippen molar-refractivity contribution in [1.29, 1.82) is 0 Å². The Bertz CT molecular complexity index is 441. The van der Waals surface area contributed by atoms with Crippen molar-refractivity contribution in [2.75, 3.05) is 5.32 Å². The molecule has 0 bridgehead atoms. The average Bonchev–Trinajstić information content (AvgIpc) is 2.97. The van der Waals surface area contributed by atoms with Crippen molar-refractivity contribution in [2.24, 2.45) is 0 Å². The van der Waals surface area contributed by atoms with E-state index in [9.17, 15) is 0 Å². The number of thioether (sulfide) groups is 1. The van der Waals surface area contributed by atoms with E-state index < -0.39 is 0 Å². The van der Waals surface area contributed by atoms with E-state index in [4.69, 9.17) is 4.42 Å². The summed E-state index contributed by atoms with van der Waals surface area (Å²) in [5.74, 6) is 0.899. The number of furan rings is 1. The zero-order valence-electron chi connectivity index (χ0n) is 9.84. The summed E-state index contributed by atoms with van der Waals surface area (Å²) in [6.45, 7) is 5.02. The lowest BCUT2D eigenvalue weighted by atomic mass is 10.4. The van der Waals surface area contributed by atoms with Crippen LogP contribution in [0, 0.1) is 0 Å². The van der Waals surface area contributed by atoms with Gasteiger partial charge < -0.3 is 9.73 Å². The maximum absolute atomic E-state index is 5.23. The molecule has 0 aromatic carbocycles. The fourth-order valence-corrected chi connectivity index (χ4v) is 3.15. The maximum atomic E-state index is 5.23. The highest BCUT2D eigenvalue weighted by Crippen LogP contribution is 2.30. The third-order valence-corrected chi connectivity index (χ3v) is 4.51. The van der Waals surface area contributed by atoms with Crippen LogP contribution in [0.4, 0.5) is 5.13 Å². The predicted molar refractivity (Wildman–Crippen MR) is 71.6 cm³/mol. The lowest BCUT2D eigenvalue weighted by Gasteiger charge is -2.02. The number of nitrogens with zero attached hydrogens (tertiary/aromatic N) is 2. The Hall–Kier alpha value is -1.01. The molecule has 2 rings (SSSR count). The van der Waals surface area contributed by atoms with Crippen molar-refractivity contribution in [3.8, 4) is 0 Å². The summed E-state index contributed by atoms with van der Waals surface area (Å²) in [6, 6.07) is 3.81. The van der Waals surface area contributed by atoms with E-state index in [2.05, 4.69) is 29.4 Å². The largest absolute Gasteiger partial charge is 0.467 e. The van der Waals surface area contributed by atoms with Crippen LogP contribution in [-0.4, -0.2) is 15.4 Å². The topological polar surface area (TPSA) is 51.0 Å². The number of nitrogens with one attached hydrogen (secondary N) is 1. The first-order valence-electron chi connectivity index (χ1n) is 5.54. The summed E-state index contributed by atoms with van der Waals surface area (Å²) < 4.78 is 6.25. The molecule has 0 fully saturated rings. The molecule has 17 heavy (non-hydrogen) atoms. The molecule has 0 saturated carbocycles. The van der Waals surface area contributed by atoms with Crippen LogP contribution in [0.25, 0.3) is 0 Å². The smallest absolute Gasteiger partial charge is 0.206 e. The standard InChI is InChI=1S/C11H15N3OS2/c1-3-8(2)16-11-14-13-10(17-11)12-7-9-5-4-6-15-9/h4-6,8H,3,7H2,1-2H3,(H,12,13). The molecule has 2 aromatic heterocycles. The minimum absolute atomic E-state index is 0.584. The van der Waals surface area contributed by atoms with E-state index in [0.29, 0.717) is 11.8 Å². The van der Waals surface area contributed by atoms with Crippen molar-refractivity contribution in [3.05, 3.63) is 24.2 Å².